The lowest BCUT2D eigenvalue weighted by Gasteiger charge is -2.35. The summed E-state index contributed by atoms with van der Waals surface area (Å²) >= 11 is 1.77. The van der Waals surface area contributed by atoms with Gasteiger partial charge in [0, 0.05) is 37.1 Å². The molecule has 1 aliphatic rings. The molecule has 0 atom stereocenters. The fourth-order valence-corrected chi connectivity index (χ4v) is 3.18. The van der Waals surface area contributed by atoms with Crippen molar-refractivity contribution in [2.24, 2.45) is 4.99 Å². The van der Waals surface area contributed by atoms with Crippen LogP contribution in [0.3, 0.4) is 0 Å². The molecule has 1 fully saturated rings. The predicted molar refractivity (Wildman–Crippen MR) is 87.4 cm³/mol. The Kier molecular flexibility index (Phi) is 5.86. The van der Waals surface area contributed by atoms with Gasteiger partial charge in [-0.05, 0) is 38.1 Å². The average Bonchev–Trinajstić information content (AvgIpc) is 2.97. The van der Waals surface area contributed by atoms with E-state index in [1.54, 1.807) is 11.3 Å². The second-order valence-electron chi connectivity index (χ2n) is 5.55. The molecular formula is C15H26N4S. The molecule has 2 N–H and O–H groups in total. The lowest BCUT2D eigenvalue weighted by Crippen LogP contribution is -2.49. The number of nitrogens with zero attached hydrogens (tertiary/aromatic N) is 2. The van der Waals surface area contributed by atoms with E-state index in [0.29, 0.717) is 12.1 Å². The van der Waals surface area contributed by atoms with E-state index in [4.69, 9.17) is 0 Å². The summed E-state index contributed by atoms with van der Waals surface area (Å²) in [5.41, 5.74) is 0. The monoisotopic (exact) mass is 294 g/mol. The first kappa shape index (κ1) is 15.3. The number of nitrogens with one attached hydrogen (secondary N) is 2. The SMILES string of the molecule is CN=C(NCc1cccs1)NC1CCN(C(C)C)CC1. The molecule has 1 aliphatic heterocycles. The summed E-state index contributed by atoms with van der Waals surface area (Å²) in [6.45, 7) is 7.75. The van der Waals surface area contributed by atoms with Crippen LogP contribution in [0.2, 0.25) is 0 Å². The van der Waals surface area contributed by atoms with Crippen LogP contribution >= 0.6 is 11.3 Å². The summed E-state index contributed by atoms with van der Waals surface area (Å²) in [4.78, 5) is 8.20. The van der Waals surface area contributed by atoms with Crippen molar-refractivity contribution in [2.75, 3.05) is 20.1 Å². The van der Waals surface area contributed by atoms with Crippen LogP contribution in [0.1, 0.15) is 31.6 Å². The molecule has 0 saturated carbocycles. The largest absolute Gasteiger partial charge is 0.354 e. The Hall–Kier alpha value is -1.07. The van der Waals surface area contributed by atoms with Crippen LogP contribution in [-0.2, 0) is 6.54 Å². The first-order chi connectivity index (χ1) is 9.69. The summed E-state index contributed by atoms with van der Waals surface area (Å²) in [5.74, 6) is 0.918. The van der Waals surface area contributed by atoms with Gasteiger partial charge in [0.1, 0.15) is 0 Å². The predicted octanol–water partition coefficient (Wildman–Crippen LogP) is 2.29. The zero-order valence-electron chi connectivity index (χ0n) is 12.7. The van der Waals surface area contributed by atoms with Crippen molar-refractivity contribution < 1.29 is 0 Å². The van der Waals surface area contributed by atoms with Crippen LogP contribution in [0.5, 0.6) is 0 Å². The van der Waals surface area contributed by atoms with E-state index in [2.05, 4.69) is 51.9 Å². The van der Waals surface area contributed by atoms with E-state index < -0.39 is 0 Å². The Morgan fingerprint density at radius 1 is 1.45 bits per heavy atom. The molecule has 0 aliphatic carbocycles. The standard InChI is InChI=1S/C15H26N4S/c1-12(2)19-8-6-13(7-9-19)18-15(16-3)17-11-14-5-4-10-20-14/h4-5,10,12-13H,6-9,11H2,1-3H3,(H2,16,17,18). The number of hydrogen-bond donors (Lipinski definition) is 2. The van der Waals surface area contributed by atoms with Gasteiger partial charge < -0.3 is 15.5 Å². The summed E-state index contributed by atoms with van der Waals surface area (Å²) in [6, 6.07) is 5.43. The Labute approximate surface area is 126 Å². The number of thiophene rings is 1. The minimum absolute atomic E-state index is 0.541. The Morgan fingerprint density at radius 3 is 2.75 bits per heavy atom. The molecule has 0 bridgehead atoms. The quantitative estimate of drug-likeness (QED) is 0.661. The lowest BCUT2D eigenvalue weighted by molar-refractivity contribution is 0.167. The molecule has 0 aromatic carbocycles. The van der Waals surface area contributed by atoms with Gasteiger partial charge in [-0.25, -0.2) is 0 Å². The van der Waals surface area contributed by atoms with Gasteiger partial charge in [-0.15, -0.1) is 11.3 Å². The third-order valence-corrected chi connectivity index (χ3v) is 4.71. The van der Waals surface area contributed by atoms with E-state index in [0.717, 1.165) is 12.5 Å². The Morgan fingerprint density at radius 2 is 2.20 bits per heavy atom. The highest BCUT2D eigenvalue weighted by molar-refractivity contribution is 7.09. The molecule has 0 amide bonds. The summed E-state index contributed by atoms with van der Waals surface area (Å²) in [7, 11) is 1.84. The van der Waals surface area contributed by atoms with Crippen LogP contribution in [0.25, 0.3) is 0 Å². The summed E-state index contributed by atoms with van der Waals surface area (Å²) in [6.07, 6.45) is 2.38. The van der Waals surface area contributed by atoms with Gasteiger partial charge in [-0.2, -0.15) is 0 Å². The maximum atomic E-state index is 4.32. The molecule has 2 heterocycles. The van der Waals surface area contributed by atoms with Crippen molar-refractivity contribution in [3.05, 3.63) is 22.4 Å². The Bertz CT molecular complexity index is 406. The molecule has 1 saturated heterocycles. The molecule has 0 unspecified atom stereocenters. The average molecular weight is 294 g/mol. The minimum atomic E-state index is 0.541. The topological polar surface area (TPSA) is 39.7 Å². The number of aliphatic imine (C=N–C) groups is 1. The molecule has 5 heteroatoms. The molecule has 1 aromatic heterocycles. The highest BCUT2D eigenvalue weighted by atomic mass is 32.1. The van der Waals surface area contributed by atoms with Crippen molar-refractivity contribution in [3.63, 3.8) is 0 Å². The molecule has 0 spiro atoms. The maximum absolute atomic E-state index is 4.32. The van der Waals surface area contributed by atoms with E-state index in [1.165, 1.54) is 30.8 Å². The van der Waals surface area contributed by atoms with Crippen LogP contribution in [0.4, 0.5) is 0 Å². The van der Waals surface area contributed by atoms with Crippen molar-refractivity contribution in [1.29, 1.82) is 0 Å². The van der Waals surface area contributed by atoms with Crippen LogP contribution in [-0.4, -0.2) is 43.1 Å². The number of piperidine rings is 1. The number of rotatable bonds is 4. The molecule has 112 valence electrons. The van der Waals surface area contributed by atoms with Gasteiger partial charge in [-0.3, -0.25) is 4.99 Å². The summed E-state index contributed by atoms with van der Waals surface area (Å²) in [5, 5.41) is 9.04. The highest BCUT2D eigenvalue weighted by Crippen LogP contribution is 2.13. The van der Waals surface area contributed by atoms with Crippen molar-refractivity contribution in [3.8, 4) is 0 Å². The number of hydrogen-bond acceptors (Lipinski definition) is 3. The maximum Gasteiger partial charge on any atom is 0.191 e. The van der Waals surface area contributed by atoms with Gasteiger partial charge in [-0.1, -0.05) is 6.07 Å². The molecule has 0 radical (unpaired) electrons. The molecule has 1 aromatic rings. The van der Waals surface area contributed by atoms with E-state index in [-0.39, 0.29) is 0 Å². The second kappa shape index (κ2) is 7.64. The zero-order valence-corrected chi connectivity index (χ0v) is 13.5. The van der Waals surface area contributed by atoms with Crippen molar-refractivity contribution in [2.45, 2.75) is 45.3 Å². The van der Waals surface area contributed by atoms with E-state index in [1.807, 2.05) is 7.05 Å². The molecular weight excluding hydrogens is 268 g/mol. The smallest absolute Gasteiger partial charge is 0.191 e. The third kappa shape index (κ3) is 4.49. The van der Waals surface area contributed by atoms with Crippen molar-refractivity contribution >= 4 is 17.3 Å². The third-order valence-electron chi connectivity index (χ3n) is 3.83. The number of guanidine groups is 1. The second-order valence-corrected chi connectivity index (χ2v) is 6.59. The van der Waals surface area contributed by atoms with E-state index >= 15 is 0 Å². The lowest BCUT2D eigenvalue weighted by atomic mass is 10.0. The van der Waals surface area contributed by atoms with Gasteiger partial charge in [0.15, 0.2) is 5.96 Å². The van der Waals surface area contributed by atoms with Crippen LogP contribution < -0.4 is 10.6 Å². The molecule has 4 nitrogen and oxygen atoms in total. The Balaban J connectivity index is 1.74. The van der Waals surface area contributed by atoms with Gasteiger partial charge >= 0.3 is 0 Å². The summed E-state index contributed by atoms with van der Waals surface area (Å²) < 4.78 is 0. The minimum Gasteiger partial charge on any atom is -0.354 e. The highest BCUT2D eigenvalue weighted by Gasteiger charge is 2.21. The van der Waals surface area contributed by atoms with E-state index in [9.17, 15) is 0 Å². The first-order valence-corrected chi connectivity index (χ1v) is 8.30. The molecule has 20 heavy (non-hydrogen) atoms. The van der Waals surface area contributed by atoms with Crippen molar-refractivity contribution in [1.82, 2.24) is 15.5 Å². The van der Waals surface area contributed by atoms with Gasteiger partial charge in [0.05, 0.1) is 6.54 Å². The van der Waals surface area contributed by atoms with Gasteiger partial charge in [0.2, 0.25) is 0 Å². The fraction of sp³-hybridized carbons (Fsp3) is 0.667. The first-order valence-electron chi connectivity index (χ1n) is 7.42. The zero-order chi connectivity index (χ0) is 14.4. The fourth-order valence-electron chi connectivity index (χ4n) is 2.53. The number of likely N-dealkylation sites (tertiary alicyclic amines) is 1. The molecule has 2 rings (SSSR count). The van der Waals surface area contributed by atoms with Gasteiger partial charge in [0.25, 0.3) is 0 Å². The van der Waals surface area contributed by atoms with Crippen LogP contribution in [0.15, 0.2) is 22.5 Å². The van der Waals surface area contributed by atoms with Crippen LogP contribution in [0, 0.1) is 0 Å². The normalized spacial score (nSPS) is 18.5.